The third-order valence-corrected chi connectivity index (χ3v) is 3.07. The molecule has 0 saturated heterocycles. The van der Waals surface area contributed by atoms with E-state index in [2.05, 4.69) is 15.3 Å². The van der Waals surface area contributed by atoms with E-state index in [9.17, 15) is 4.39 Å². The summed E-state index contributed by atoms with van der Waals surface area (Å²) < 4.78 is 15.3. The van der Waals surface area contributed by atoms with E-state index in [4.69, 9.17) is 5.73 Å². The maximum absolute atomic E-state index is 13.6. The van der Waals surface area contributed by atoms with E-state index in [-0.39, 0.29) is 5.82 Å². The van der Waals surface area contributed by atoms with E-state index in [0.717, 1.165) is 22.2 Å². The summed E-state index contributed by atoms with van der Waals surface area (Å²) >= 11 is 0. The van der Waals surface area contributed by atoms with Crippen LogP contribution in [0, 0.1) is 5.82 Å². The highest BCUT2D eigenvalue weighted by Crippen LogP contribution is 2.19. The molecule has 0 atom stereocenters. The summed E-state index contributed by atoms with van der Waals surface area (Å²) in [5.74, 6) is -0.275. The second-order valence-electron chi connectivity index (χ2n) is 4.59. The number of halogens is 1. The standard InChI is InChI=1S/C14H14FN5/c15-12-6-10-2-1-5-17-14(10)11(7-12)8-20-9-13(3-4-16)18-19-20/h1-2,5-7,9H,3-4,8,16H2. The minimum Gasteiger partial charge on any atom is -0.330 e. The molecule has 1 aromatic carbocycles. The van der Waals surface area contributed by atoms with Crippen LogP contribution in [-0.4, -0.2) is 26.5 Å². The summed E-state index contributed by atoms with van der Waals surface area (Å²) in [5, 5.41) is 8.83. The van der Waals surface area contributed by atoms with Crippen LogP contribution >= 0.6 is 0 Å². The van der Waals surface area contributed by atoms with Crippen molar-refractivity contribution in [3.8, 4) is 0 Å². The summed E-state index contributed by atoms with van der Waals surface area (Å²) in [6.07, 6.45) is 4.21. The summed E-state index contributed by atoms with van der Waals surface area (Å²) in [5.41, 5.74) is 7.88. The molecular weight excluding hydrogens is 257 g/mol. The molecule has 0 fully saturated rings. The molecule has 0 radical (unpaired) electrons. The van der Waals surface area contributed by atoms with Gasteiger partial charge in [0.2, 0.25) is 0 Å². The Hall–Kier alpha value is -2.34. The van der Waals surface area contributed by atoms with Crippen molar-refractivity contribution >= 4 is 10.9 Å². The molecular formula is C14H14FN5. The van der Waals surface area contributed by atoms with E-state index in [1.165, 1.54) is 12.1 Å². The number of hydrogen-bond acceptors (Lipinski definition) is 4. The lowest BCUT2D eigenvalue weighted by Crippen LogP contribution is -2.03. The van der Waals surface area contributed by atoms with Crippen LogP contribution in [0.15, 0.2) is 36.7 Å². The van der Waals surface area contributed by atoms with E-state index >= 15 is 0 Å². The van der Waals surface area contributed by atoms with Gasteiger partial charge in [-0.1, -0.05) is 11.3 Å². The summed E-state index contributed by atoms with van der Waals surface area (Å²) in [6.45, 7) is 0.964. The molecule has 6 heteroatoms. The Labute approximate surface area is 115 Å². The van der Waals surface area contributed by atoms with Crippen LogP contribution in [0.5, 0.6) is 0 Å². The number of pyridine rings is 1. The molecule has 0 spiro atoms. The Bertz CT molecular complexity index is 737. The van der Waals surface area contributed by atoms with Crippen LogP contribution in [-0.2, 0) is 13.0 Å². The topological polar surface area (TPSA) is 69.6 Å². The highest BCUT2D eigenvalue weighted by atomic mass is 19.1. The Morgan fingerprint density at radius 1 is 1.30 bits per heavy atom. The fourth-order valence-electron chi connectivity index (χ4n) is 2.20. The molecule has 0 bridgehead atoms. The Balaban J connectivity index is 1.97. The van der Waals surface area contributed by atoms with Gasteiger partial charge in [0.15, 0.2) is 0 Å². The van der Waals surface area contributed by atoms with Gasteiger partial charge in [-0.25, -0.2) is 9.07 Å². The van der Waals surface area contributed by atoms with Crippen molar-refractivity contribution in [3.05, 3.63) is 53.7 Å². The Kier molecular flexibility index (Phi) is 3.39. The monoisotopic (exact) mass is 271 g/mol. The lowest BCUT2D eigenvalue weighted by Gasteiger charge is -2.06. The molecule has 0 saturated carbocycles. The first-order valence-corrected chi connectivity index (χ1v) is 6.38. The summed E-state index contributed by atoms with van der Waals surface area (Å²) in [6, 6.07) is 6.60. The molecule has 3 rings (SSSR count). The number of nitrogens with two attached hydrogens (primary N) is 1. The van der Waals surface area contributed by atoms with E-state index in [1.807, 2.05) is 12.3 Å². The molecule has 2 aromatic heterocycles. The van der Waals surface area contributed by atoms with Gasteiger partial charge in [-0.05, 0) is 24.7 Å². The van der Waals surface area contributed by atoms with Crippen molar-refractivity contribution in [1.82, 2.24) is 20.0 Å². The average molecular weight is 271 g/mol. The molecule has 3 aromatic rings. The molecule has 0 aliphatic carbocycles. The Morgan fingerprint density at radius 2 is 2.20 bits per heavy atom. The van der Waals surface area contributed by atoms with Crippen molar-refractivity contribution in [1.29, 1.82) is 0 Å². The van der Waals surface area contributed by atoms with Crippen LogP contribution in [0.4, 0.5) is 4.39 Å². The highest BCUT2D eigenvalue weighted by molar-refractivity contribution is 5.81. The minimum atomic E-state index is -0.275. The third-order valence-electron chi connectivity index (χ3n) is 3.07. The van der Waals surface area contributed by atoms with Crippen LogP contribution < -0.4 is 5.73 Å². The van der Waals surface area contributed by atoms with Crippen LogP contribution in [0.2, 0.25) is 0 Å². The number of nitrogens with zero attached hydrogens (tertiary/aromatic N) is 4. The van der Waals surface area contributed by atoms with Crippen molar-refractivity contribution in [2.75, 3.05) is 6.54 Å². The predicted molar refractivity (Wildman–Crippen MR) is 73.6 cm³/mol. The normalized spacial score (nSPS) is 11.1. The SMILES string of the molecule is NCCc1cn(Cc2cc(F)cc3cccnc23)nn1. The van der Waals surface area contributed by atoms with E-state index in [1.54, 1.807) is 16.9 Å². The number of benzene rings is 1. The van der Waals surface area contributed by atoms with Gasteiger partial charge in [-0.3, -0.25) is 4.98 Å². The van der Waals surface area contributed by atoms with Gasteiger partial charge in [0.25, 0.3) is 0 Å². The lowest BCUT2D eigenvalue weighted by atomic mass is 10.1. The summed E-state index contributed by atoms with van der Waals surface area (Å²) in [4.78, 5) is 4.31. The molecule has 0 aliphatic heterocycles. The highest BCUT2D eigenvalue weighted by Gasteiger charge is 2.07. The molecule has 20 heavy (non-hydrogen) atoms. The number of rotatable bonds is 4. The fraction of sp³-hybridized carbons (Fsp3) is 0.214. The zero-order chi connectivity index (χ0) is 13.9. The second-order valence-corrected chi connectivity index (χ2v) is 4.59. The third kappa shape index (κ3) is 2.50. The number of hydrogen-bond donors (Lipinski definition) is 1. The number of fused-ring (bicyclic) bond motifs is 1. The van der Waals surface area contributed by atoms with Crippen molar-refractivity contribution in [3.63, 3.8) is 0 Å². The lowest BCUT2D eigenvalue weighted by molar-refractivity contribution is 0.617. The molecule has 0 aliphatic rings. The first-order chi connectivity index (χ1) is 9.76. The van der Waals surface area contributed by atoms with E-state index < -0.39 is 0 Å². The fourth-order valence-corrected chi connectivity index (χ4v) is 2.20. The van der Waals surface area contributed by atoms with Crippen LogP contribution in [0.25, 0.3) is 10.9 Å². The van der Waals surface area contributed by atoms with Gasteiger partial charge in [0.1, 0.15) is 5.82 Å². The maximum Gasteiger partial charge on any atom is 0.124 e. The average Bonchev–Trinajstić information content (AvgIpc) is 2.86. The predicted octanol–water partition coefficient (Wildman–Crippen LogP) is 1.51. The molecule has 0 unspecified atom stereocenters. The molecule has 0 amide bonds. The smallest absolute Gasteiger partial charge is 0.124 e. The zero-order valence-corrected chi connectivity index (χ0v) is 10.8. The van der Waals surface area contributed by atoms with Crippen molar-refractivity contribution < 1.29 is 4.39 Å². The van der Waals surface area contributed by atoms with Gasteiger partial charge in [0, 0.05) is 29.8 Å². The van der Waals surface area contributed by atoms with Crippen LogP contribution in [0.1, 0.15) is 11.3 Å². The molecule has 2 heterocycles. The first-order valence-electron chi connectivity index (χ1n) is 6.38. The van der Waals surface area contributed by atoms with Gasteiger partial charge >= 0.3 is 0 Å². The summed E-state index contributed by atoms with van der Waals surface area (Å²) in [7, 11) is 0. The van der Waals surface area contributed by atoms with Crippen molar-refractivity contribution in [2.24, 2.45) is 5.73 Å². The quantitative estimate of drug-likeness (QED) is 0.781. The maximum atomic E-state index is 13.6. The minimum absolute atomic E-state index is 0.275. The second kappa shape index (κ2) is 5.34. The molecule has 2 N–H and O–H groups in total. The molecule has 5 nitrogen and oxygen atoms in total. The van der Waals surface area contributed by atoms with Crippen molar-refractivity contribution in [2.45, 2.75) is 13.0 Å². The van der Waals surface area contributed by atoms with Crippen LogP contribution in [0.3, 0.4) is 0 Å². The largest absolute Gasteiger partial charge is 0.330 e. The van der Waals surface area contributed by atoms with Gasteiger partial charge in [-0.15, -0.1) is 5.10 Å². The first kappa shape index (κ1) is 12.7. The van der Waals surface area contributed by atoms with Gasteiger partial charge in [-0.2, -0.15) is 0 Å². The van der Waals surface area contributed by atoms with Gasteiger partial charge in [0.05, 0.1) is 17.8 Å². The molecule has 102 valence electrons. The Morgan fingerprint density at radius 3 is 3.05 bits per heavy atom. The zero-order valence-electron chi connectivity index (χ0n) is 10.8. The van der Waals surface area contributed by atoms with Gasteiger partial charge < -0.3 is 5.73 Å². The number of aromatic nitrogens is 4. The van der Waals surface area contributed by atoms with E-state index in [0.29, 0.717) is 19.5 Å².